The van der Waals surface area contributed by atoms with Crippen molar-refractivity contribution in [3.8, 4) is 5.69 Å². The van der Waals surface area contributed by atoms with E-state index in [-0.39, 0.29) is 10.8 Å². The Balaban J connectivity index is 1.50. The highest BCUT2D eigenvalue weighted by atomic mass is 32.2. The molecule has 0 unspecified atom stereocenters. The number of aromatic nitrogens is 3. The number of anilines is 1. The second-order valence-electron chi connectivity index (χ2n) is 7.58. The SMILES string of the molecule is CN1CCCCC/C1=N\S(=O)(=O)c1cccc(NC(=O)c2ccc(-n3cncn3)cc2)c1. The average Bonchev–Trinajstić information content (AvgIpc) is 3.26. The van der Waals surface area contributed by atoms with Crippen LogP contribution in [0.5, 0.6) is 0 Å². The van der Waals surface area contributed by atoms with Crippen LogP contribution in [0.15, 0.2) is 70.5 Å². The summed E-state index contributed by atoms with van der Waals surface area (Å²) in [5.74, 6) is 0.226. The fourth-order valence-electron chi connectivity index (χ4n) is 3.48. The van der Waals surface area contributed by atoms with Crippen molar-refractivity contribution in [2.75, 3.05) is 18.9 Å². The van der Waals surface area contributed by atoms with Crippen LogP contribution in [0, 0.1) is 0 Å². The van der Waals surface area contributed by atoms with E-state index in [1.165, 1.54) is 18.5 Å². The number of amidine groups is 1. The lowest BCUT2D eigenvalue weighted by Crippen LogP contribution is -2.26. The van der Waals surface area contributed by atoms with E-state index in [0.29, 0.717) is 23.5 Å². The molecular formula is C22H24N6O3S. The molecule has 1 amide bonds. The maximum absolute atomic E-state index is 12.9. The fraction of sp³-hybridized carbons (Fsp3) is 0.273. The molecule has 0 atom stereocenters. The Labute approximate surface area is 186 Å². The minimum atomic E-state index is -3.88. The van der Waals surface area contributed by atoms with Gasteiger partial charge in [-0.2, -0.15) is 13.5 Å². The van der Waals surface area contributed by atoms with Gasteiger partial charge in [-0.15, -0.1) is 4.40 Å². The molecule has 2 aromatic carbocycles. The molecule has 1 N–H and O–H groups in total. The van der Waals surface area contributed by atoms with Gasteiger partial charge in [0.05, 0.1) is 10.6 Å². The van der Waals surface area contributed by atoms with E-state index in [0.717, 1.165) is 31.5 Å². The van der Waals surface area contributed by atoms with Gasteiger partial charge in [-0.3, -0.25) is 4.79 Å². The van der Waals surface area contributed by atoms with E-state index in [2.05, 4.69) is 19.8 Å². The van der Waals surface area contributed by atoms with Gasteiger partial charge in [0.1, 0.15) is 18.5 Å². The van der Waals surface area contributed by atoms with E-state index in [1.807, 2.05) is 11.9 Å². The largest absolute Gasteiger partial charge is 0.362 e. The Morgan fingerprint density at radius 2 is 1.91 bits per heavy atom. The average molecular weight is 453 g/mol. The fourth-order valence-corrected chi connectivity index (χ4v) is 4.62. The van der Waals surface area contributed by atoms with Crippen LogP contribution in [0.2, 0.25) is 0 Å². The monoisotopic (exact) mass is 452 g/mol. The molecule has 0 aliphatic carbocycles. The van der Waals surface area contributed by atoms with Crippen molar-refractivity contribution in [1.29, 1.82) is 0 Å². The summed E-state index contributed by atoms with van der Waals surface area (Å²) >= 11 is 0. The third-order valence-corrected chi connectivity index (χ3v) is 6.56. The lowest BCUT2D eigenvalue weighted by Gasteiger charge is -2.17. The van der Waals surface area contributed by atoms with Crippen molar-refractivity contribution in [3.63, 3.8) is 0 Å². The summed E-state index contributed by atoms with van der Waals surface area (Å²) in [6.45, 7) is 0.792. The van der Waals surface area contributed by atoms with E-state index >= 15 is 0 Å². The van der Waals surface area contributed by atoms with Crippen LogP contribution < -0.4 is 5.32 Å². The first kappa shape index (κ1) is 21.7. The molecule has 10 heteroatoms. The molecule has 4 rings (SSSR count). The topological polar surface area (TPSA) is 110 Å². The van der Waals surface area contributed by atoms with E-state index in [4.69, 9.17) is 0 Å². The van der Waals surface area contributed by atoms with Crippen molar-refractivity contribution in [1.82, 2.24) is 19.7 Å². The molecule has 9 nitrogen and oxygen atoms in total. The molecule has 0 spiro atoms. The number of sulfonamides is 1. The summed E-state index contributed by atoms with van der Waals surface area (Å²) in [7, 11) is -2.02. The lowest BCUT2D eigenvalue weighted by atomic mass is 10.2. The summed E-state index contributed by atoms with van der Waals surface area (Å²) < 4.78 is 31.4. The minimum Gasteiger partial charge on any atom is -0.362 e. The second kappa shape index (κ2) is 9.31. The Bertz CT molecular complexity index is 1220. The zero-order valence-corrected chi connectivity index (χ0v) is 18.5. The Kier molecular flexibility index (Phi) is 6.31. The molecule has 1 fully saturated rings. The van der Waals surface area contributed by atoms with E-state index in [9.17, 15) is 13.2 Å². The van der Waals surface area contributed by atoms with Gasteiger partial charge in [0.15, 0.2) is 0 Å². The molecule has 166 valence electrons. The van der Waals surface area contributed by atoms with Gasteiger partial charge in [-0.25, -0.2) is 9.67 Å². The first-order valence-electron chi connectivity index (χ1n) is 10.3. The number of carbonyl (C=O) groups is 1. The molecule has 1 aliphatic rings. The quantitative estimate of drug-likeness (QED) is 0.637. The third-order valence-electron chi connectivity index (χ3n) is 5.26. The number of likely N-dealkylation sites (tertiary alicyclic amines) is 1. The van der Waals surface area contributed by atoms with Gasteiger partial charge in [0.25, 0.3) is 15.9 Å². The number of benzene rings is 2. The number of hydrogen-bond donors (Lipinski definition) is 1. The van der Waals surface area contributed by atoms with Gasteiger partial charge in [-0.05, 0) is 55.3 Å². The van der Waals surface area contributed by atoms with Crippen LogP contribution >= 0.6 is 0 Å². The van der Waals surface area contributed by atoms with Crippen LogP contribution in [0.1, 0.15) is 36.0 Å². The van der Waals surface area contributed by atoms with Gasteiger partial charge in [0, 0.05) is 31.3 Å². The highest BCUT2D eigenvalue weighted by Crippen LogP contribution is 2.21. The van der Waals surface area contributed by atoms with Crippen molar-refractivity contribution in [3.05, 3.63) is 66.7 Å². The lowest BCUT2D eigenvalue weighted by molar-refractivity contribution is 0.102. The van der Waals surface area contributed by atoms with Crippen molar-refractivity contribution in [2.45, 2.75) is 30.6 Å². The second-order valence-corrected chi connectivity index (χ2v) is 9.19. The van der Waals surface area contributed by atoms with E-state index in [1.54, 1.807) is 47.4 Å². The first-order chi connectivity index (χ1) is 15.4. The highest BCUT2D eigenvalue weighted by Gasteiger charge is 2.19. The molecule has 0 bridgehead atoms. The zero-order chi connectivity index (χ0) is 22.6. The number of hydrogen-bond acceptors (Lipinski definition) is 5. The van der Waals surface area contributed by atoms with Crippen molar-refractivity contribution >= 4 is 27.5 Å². The number of nitrogens with zero attached hydrogens (tertiary/aromatic N) is 5. The normalized spacial score (nSPS) is 16.0. The highest BCUT2D eigenvalue weighted by molar-refractivity contribution is 7.90. The molecule has 1 aliphatic heterocycles. The summed E-state index contributed by atoms with van der Waals surface area (Å²) in [6.07, 6.45) is 6.64. The Hall–Kier alpha value is -3.53. The summed E-state index contributed by atoms with van der Waals surface area (Å²) in [6, 6.07) is 13.0. The van der Waals surface area contributed by atoms with Crippen LogP contribution in [0.25, 0.3) is 5.69 Å². The number of amides is 1. The maximum Gasteiger partial charge on any atom is 0.284 e. The van der Waals surface area contributed by atoms with Crippen molar-refractivity contribution < 1.29 is 13.2 Å². The molecular weight excluding hydrogens is 428 g/mol. The third kappa shape index (κ3) is 5.02. The predicted octanol–water partition coefficient (Wildman–Crippen LogP) is 3.11. The first-order valence-corrected chi connectivity index (χ1v) is 11.8. The zero-order valence-electron chi connectivity index (χ0n) is 17.7. The van der Waals surface area contributed by atoms with Crippen LogP contribution in [0.3, 0.4) is 0 Å². The van der Waals surface area contributed by atoms with Gasteiger partial charge >= 0.3 is 0 Å². The summed E-state index contributed by atoms with van der Waals surface area (Å²) in [5, 5.41) is 6.80. The van der Waals surface area contributed by atoms with Crippen LogP contribution in [0.4, 0.5) is 5.69 Å². The predicted molar refractivity (Wildman–Crippen MR) is 121 cm³/mol. The maximum atomic E-state index is 12.9. The number of carbonyl (C=O) groups excluding carboxylic acids is 1. The summed E-state index contributed by atoms with van der Waals surface area (Å²) in [5.41, 5.74) is 1.59. The van der Waals surface area contributed by atoms with Gasteiger partial charge in [-0.1, -0.05) is 12.5 Å². The standard InChI is InChI=1S/C22H24N6O3S/c1-27-13-4-2-3-8-21(27)26-32(30,31)20-7-5-6-18(14-20)25-22(29)17-9-11-19(12-10-17)28-16-23-15-24-28/h5-7,9-12,14-16H,2-4,8,13H2,1H3,(H,25,29)/b26-21+. The molecule has 0 radical (unpaired) electrons. The molecule has 0 saturated carbocycles. The molecule has 1 aromatic heterocycles. The van der Waals surface area contributed by atoms with E-state index < -0.39 is 10.0 Å². The van der Waals surface area contributed by atoms with Crippen LogP contribution in [-0.2, 0) is 10.0 Å². The van der Waals surface area contributed by atoms with Crippen LogP contribution in [-0.4, -0.2) is 53.4 Å². The molecule has 32 heavy (non-hydrogen) atoms. The Morgan fingerprint density at radius 3 is 2.66 bits per heavy atom. The number of nitrogens with one attached hydrogen (secondary N) is 1. The molecule has 2 heterocycles. The molecule has 3 aromatic rings. The van der Waals surface area contributed by atoms with Crippen molar-refractivity contribution in [2.24, 2.45) is 4.40 Å². The summed E-state index contributed by atoms with van der Waals surface area (Å²) in [4.78, 5) is 18.5. The van der Waals surface area contributed by atoms with Gasteiger partial charge in [0.2, 0.25) is 0 Å². The van der Waals surface area contributed by atoms with Gasteiger partial charge < -0.3 is 10.2 Å². The minimum absolute atomic E-state index is 0.0435. The molecule has 1 saturated heterocycles. The smallest absolute Gasteiger partial charge is 0.284 e. The Morgan fingerprint density at radius 1 is 1.09 bits per heavy atom. The number of rotatable bonds is 5.